The number of hydrogen-bond acceptors (Lipinski definition) is 5. The molecule has 19 heavy (non-hydrogen) atoms. The van der Waals surface area contributed by atoms with Gasteiger partial charge in [0, 0.05) is 6.54 Å². The largest absolute Gasteiger partial charge is 0.444 e. The Morgan fingerprint density at radius 1 is 1.53 bits per heavy atom. The zero-order valence-electron chi connectivity index (χ0n) is 11.1. The van der Waals surface area contributed by atoms with Gasteiger partial charge in [-0.15, -0.1) is 0 Å². The van der Waals surface area contributed by atoms with Gasteiger partial charge in [0.15, 0.2) is 6.29 Å². The van der Waals surface area contributed by atoms with E-state index >= 15 is 0 Å². The highest BCUT2D eigenvalue weighted by atomic mass is 16.6. The fraction of sp³-hybridized carbons (Fsp3) is 0.385. The van der Waals surface area contributed by atoms with E-state index in [0.717, 1.165) is 0 Å². The number of amides is 1. The average molecular weight is 261 g/mol. The molecule has 6 nitrogen and oxygen atoms in total. The number of rotatable bonds is 3. The molecule has 1 aromatic heterocycles. The molecule has 0 aromatic carbocycles. The normalized spacial score (nSPS) is 10.4. The number of nitriles is 1. The highest BCUT2D eigenvalue weighted by Crippen LogP contribution is 2.08. The van der Waals surface area contributed by atoms with Crippen molar-refractivity contribution in [2.45, 2.75) is 32.9 Å². The maximum atomic E-state index is 11.5. The van der Waals surface area contributed by atoms with Crippen LogP contribution < -0.4 is 5.32 Å². The van der Waals surface area contributed by atoms with E-state index in [1.165, 1.54) is 12.1 Å². The molecule has 100 valence electrons. The summed E-state index contributed by atoms with van der Waals surface area (Å²) >= 11 is 0. The molecule has 0 saturated carbocycles. The Morgan fingerprint density at radius 3 is 2.74 bits per heavy atom. The van der Waals surface area contributed by atoms with Crippen molar-refractivity contribution in [2.75, 3.05) is 0 Å². The van der Waals surface area contributed by atoms with Crippen LogP contribution in [0.3, 0.4) is 0 Å². The van der Waals surface area contributed by atoms with Gasteiger partial charge in [0.25, 0.3) is 0 Å². The maximum absolute atomic E-state index is 11.5. The van der Waals surface area contributed by atoms with Crippen molar-refractivity contribution in [3.05, 3.63) is 29.1 Å². The van der Waals surface area contributed by atoms with Gasteiger partial charge in [-0.2, -0.15) is 5.26 Å². The van der Waals surface area contributed by atoms with Crippen LogP contribution in [0.2, 0.25) is 0 Å². The van der Waals surface area contributed by atoms with Crippen molar-refractivity contribution in [3.63, 3.8) is 0 Å². The molecule has 1 N–H and O–H groups in total. The molecular weight excluding hydrogens is 246 g/mol. The molecule has 1 rings (SSSR count). The number of hydrogen-bond donors (Lipinski definition) is 1. The van der Waals surface area contributed by atoms with Gasteiger partial charge in [-0.1, -0.05) is 0 Å². The van der Waals surface area contributed by atoms with E-state index in [9.17, 15) is 9.59 Å². The van der Waals surface area contributed by atoms with Crippen LogP contribution in [0.4, 0.5) is 4.79 Å². The molecule has 0 spiro atoms. The Balaban J connectivity index is 2.70. The SMILES string of the molecule is CC(C)(C)OC(=O)NCc1cc(C#N)nc(C=O)c1. The van der Waals surface area contributed by atoms with E-state index < -0.39 is 11.7 Å². The van der Waals surface area contributed by atoms with Crippen molar-refractivity contribution >= 4 is 12.4 Å². The Labute approximate surface area is 111 Å². The minimum atomic E-state index is -0.575. The topological polar surface area (TPSA) is 92.1 Å². The second-order valence-corrected chi connectivity index (χ2v) is 4.87. The molecule has 0 atom stereocenters. The third kappa shape index (κ3) is 5.17. The monoisotopic (exact) mass is 261 g/mol. The number of alkyl carbamates (subject to hydrolysis) is 1. The summed E-state index contributed by atoms with van der Waals surface area (Å²) in [5.41, 5.74) is 0.318. The van der Waals surface area contributed by atoms with Crippen LogP contribution in [0.15, 0.2) is 12.1 Å². The van der Waals surface area contributed by atoms with Gasteiger partial charge < -0.3 is 10.1 Å². The average Bonchev–Trinajstić information content (AvgIpc) is 2.33. The molecular formula is C13H15N3O3. The molecule has 0 radical (unpaired) electrons. The zero-order chi connectivity index (χ0) is 14.5. The van der Waals surface area contributed by atoms with Crippen LogP contribution >= 0.6 is 0 Å². The second kappa shape index (κ2) is 5.96. The minimum absolute atomic E-state index is 0.130. The minimum Gasteiger partial charge on any atom is -0.444 e. The van der Waals surface area contributed by atoms with E-state index in [0.29, 0.717) is 11.8 Å². The van der Waals surface area contributed by atoms with Gasteiger partial charge in [0.1, 0.15) is 23.1 Å². The van der Waals surface area contributed by atoms with Gasteiger partial charge in [-0.05, 0) is 38.5 Å². The predicted octanol–water partition coefficient (Wildman–Crippen LogP) is 1.79. The number of pyridine rings is 1. The first kappa shape index (κ1) is 14.6. The number of aldehydes is 1. The van der Waals surface area contributed by atoms with Crippen molar-refractivity contribution in [2.24, 2.45) is 0 Å². The van der Waals surface area contributed by atoms with Crippen molar-refractivity contribution in [3.8, 4) is 6.07 Å². The quantitative estimate of drug-likeness (QED) is 0.837. The Bertz CT molecular complexity index is 527. The van der Waals surface area contributed by atoms with Gasteiger partial charge in [-0.25, -0.2) is 9.78 Å². The number of carbonyl (C=O) groups is 2. The number of ether oxygens (including phenoxy) is 1. The first-order chi connectivity index (χ1) is 8.84. The standard InChI is InChI=1S/C13H15N3O3/c1-13(2,3)19-12(18)15-7-9-4-10(6-14)16-11(5-9)8-17/h4-5,8H,7H2,1-3H3,(H,15,18). The predicted molar refractivity (Wildman–Crippen MR) is 67.4 cm³/mol. The van der Waals surface area contributed by atoms with Crippen LogP contribution in [0.1, 0.15) is 42.5 Å². The molecule has 1 aromatic rings. The van der Waals surface area contributed by atoms with E-state index in [2.05, 4.69) is 10.3 Å². The molecule has 0 aliphatic carbocycles. The van der Waals surface area contributed by atoms with Crippen LogP contribution in [0.5, 0.6) is 0 Å². The third-order valence-electron chi connectivity index (χ3n) is 1.98. The maximum Gasteiger partial charge on any atom is 0.407 e. The van der Waals surface area contributed by atoms with E-state index in [1.807, 2.05) is 6.07 Å². The second-order valence-electron chi connectivity index (χ2n) is 4.87. The van der Waals surface area contributed by atoms with Gasteiger partial charge >= 0.3 is 6.09 Å². The number of aromatic nitrogens is 1. The summed E-state index contributed by atoms with van der Waals surface area (Å²) in [6, 6.07) is 4.86. The van der Waals surface area contributed by atoms with E-state index in [4.69, 9.17) is 10.00 Å². The smallest absolute Gasteiger partial charge is 0.407 e. The zero-order valence-corrected chi connectivity index (χ0v) is 11.1. The Morgan fingerprint density at radius 2 is 2.21 bits per heavy atom. The van der Waals surface area contributed by atoms with Gasteiger partial charge in [0.05, 0.1) is 0 Å². The number of nitrogens with one attached hydrogen (secondary N) is 1. The van der Waals surface area contributed by atoms with Crippen molar-refractivity contribution in [1.29, 1.82) is 5.26 Å². The van der Waals surface area contributed by atoms with Crippen LogP contribution in [-0.2, 0) is 11.3 Å². The third-order valence-corrected chi connectivity index (χ3v) is 1.98. The molecule has 1 amide bonds. The summed E-state index contributed by atoms with van der Waals surface area (Å²) in [6.45, 7) is 5.44. The molecule has 0 aliphatic heterocycles. The lowest BCUT2D eigenvalue weighted by Gasteiger charge is -2.19. The summed E-state index contributed by atoms with van der Waals surface area (Å²) in [7, 11) is 0. The summed E-state index contributed by atoms with van der Waals surface area (Å²) in [5, 5.41) is 11.3. The molecule has 0 saturated heterocycles. The van der Waals surface area contributed by atoms with Crippen molar-refractivity contribution < 1.29 is 14.3 Å². The van der Waals surface area contributed by atoms with Gasteiger partial charge in [0.2, 0.25) is 0 Å². The fourth-order valence-corrected chi connectivity index (χ4v) is 1.32. The molecule has 1 heterocycles. The Hall–Kier alpha value is -2.42. The molecule has 0 unspecified atom stereocenters. The first-order valence-electron chi connectivity index (χ1n) is 5.67. The highest BCUT2D eigenvalue weighted by molar-refractivity contribution is 5.72. The molecule has 0 fully saturated rings. The lowest BCUT2D eigenvalue weighted by atomic mass is 10.2. The van der Waals surface area contributed by atoms with Crippen LogP contribution in [0, 0.1) is 11.3 Å². The fourth-order valence-electron chi connectivity index (χ4n) is 1.32. The summed E-state index contributed by atoms with van der Waals surface area (Å²) in [5.74, 6) is 0. The van der Waals surface area contributed by atoms with Crippen molar-refractivity contribution in [1.82, 2.24) is 10.3 Å². The number of carbonyl (C=O) groups excluding carboxylic acids is 2. The molecule has 0 bridgehead atoms. The summed E-state index contributed by atoms with van der Waals surface area (Å²) < 4.78 is 5.07. The van der Waals surface area contributed by atoms with E-state index in [1.54, 1.807) is 20.8 Å². The highest BCUT2D eigenvalue weighted by Gasteiger charge is 2.15. The van der Waals surface area contributed by atoms with Crippen LogP contribution in [-0.4, -0.2) is 23.0 Å². The summed E-state index contributed by atoms with van der Waals surface area (Å²) in [6.07, 6.45) is -0.00636. The van der Waals surface area contributed by atoms with Crippen LogP contribution in [0.25, 0.3) is 0 Å². The van der Waals surface area contributed by atoms with Gasteiger partial charge in [-0.3, -0.25) is 4.79 Å². The first-order valence-corrected chi connectivity index (χ1v) is 5.67. The lowest BCUT2D eigenvalue weighted by Crippen LogP contribution is -2.32. The Kier molecular flexibility index (Phi) is 4.59. The number of nitrogens with zero attached hydrogens (tertiary/aromatic N) is 2. The lowest BCUT2D eigenvalue weighted by molar-refractivity contribution is 0.0523. The summed E-state index contributed by atoms with van der Waals surface area (Å²) in [4.78, 5) is 25.9. The van der Waals surface area contributed by atoms with E-state index in [-0.39, 0.29) is 17.9 Å². The molecule has 0 aliphatic rings. The molecule has 6 heteroatoms.